The van der Waals surface area contributed by atoms with Gasteiger partial charge < -0.3 is 9.47 Å². The molecule has 15 heavy (non-hydrogen) atoms. The second-order valence-electron chi connectivity index (χ2n) is 2.69. The van der Waals surface area contributed by atoms with Gasteiger partial charge in [0.2, 0.25) is 0 Å². The zero-order valence-corrected chi connectivity index (χ0v) is 9.93. The summed E-state index contributed by atoms with van der Waals surface area (Å²) in [5.74, 6) is -0.860. The highest BCUT2D eigenvalue weighted by Crippen LogP contribution is 2.29. The Morgan fingerprint density at radius 1 is 1.53 bits per heavy atom. The standard InChI is InChI=1S/C10H10BrFO3/c1-3-15-8-5-6(10(13)14-2)4-7(12)9(8)11/h4-5H,3H2,1-2H3. The van der Waals surface area contributed by atoms with Crippen LogP contribution >= 0.6 is 15.9 Å². The normalized spacial score (nSPS) is 9.87. The zero-order valence-electron chi connectivity index (χ0n) is 8.34. The Hall–Kier alpha value is -1.10. The predicted octanol–water partition coefficient (Wildman–Crippen LogP) is 2.77. The van der Waals surface area contributed by atoms with Gasteiger partial charge in [0, 0.05) is 0 Å². The van der Waals surface area contributed by atoms with E-state index in [2.05, 4.69) is 20.7 Å². The van der Waals surface area contributed by atoms with Crippen LogP contribution < -0.4 is 4.74 Å². The largest absolute Gasteiger partial charge is 0.493 e. The molecule has 1 rings (SSSR count). The van der Waals surface area contributed by atoms with Gasteiger partial charge >= 0.3 is 5.97 Å². The lowest BCUT2D eigenvalue weighted by Crippen LogP contribution is -2.04. The molecule has 0 aliphatic rings. The van der Waals surface area contributed by atoms with Gasteiger partial charge in [-0.25, -0.2) is 9.18 Å². The molecule has 0 saturated carbocycles. The van der Waals surface area contributed by atoms with Gasteiger partial charge in [-0.15, -0.1) is 0 Å². The molecule has 0 amide bonds. The molecule has 82 valence electrons. The van der Waals surface area contributed by atoms with E-state index in [1.807, 2.05) is 0 Å². The van der Waals surface area contributed by atoms with E-state index in [0.717, 1.165) is 6.07 Å². The third kappa shape index (κ3) is 2.68. The van der Waals surface area contributed by atoms with Crippen LogP contribution in [0.25, 0.3) is 0 Å². The Morgan fingerprint density at radius 3 is 2.73 bits per heavy atom. The lowest BCUT2D eigenvalue weighted by Gasteiger charge is -2.08. The third-order valence-electron chi connectivity index (χ3n) is 1.72. The monoisotopic (exact) mass is 276 g/mol. The number of hydrogen-bond donors (Lipinski definition) is 0. The van der Waals surface area contributed by atoms with Crippen LogP contribution in [0.5, 0.6) is 5.75 Å². The minimum atomic E-state index is -0.595. The first-order valence-electron chi connectivity index (χ1n) is 4.30. The van der Waals surface area contributed by atoms with E-state index in [1.165, 1.54) is 13.2 Å². The lowest BCUT2D eigenvalue weighted by molar-refractivity contribution is 0.0599. The fraction of sp³-hybridized carbons (Fsp3) is 0.300. The maximum Gasteiger partial charge on any atom is 0.338 e. The average Bonchev–Trinajstić information content (AvgIpc) is 2.23. The summed E-state index contributed by atoms with van der Waals surface area (Å²) in [4.78, 5) is 11.2. The van der Waals surface area contributed by atoms with Crippen LogP contribution in [0.3, 0.4) is 0 Å². The molecule has 0 N–H and O–H groups in total. The number of rotatable bonds is 3. The molecule has 0 radical (unpaired) electrons. The van der Waals surface area contributed by atoms with Gasteiger partial charge in [-0.3, -0.25) is 0 Å². The third-order valence-corrected chi connectivity index (χ3v) is 2.49. The van der Waals surface area contributed by atoms with E-state index in [9.17, 15) is 9.18 Å². The Morgan fingerprint density at radius 2 is 2.20 bits per heavy atom. The van der Waals surface area contributed by atoms with Crippen molar-refractivity contribution < 1.29 is 18.7 Å². The number of ether oxygens (including phenoxy) is 2. The number of carbonyl (C=O) groups excluding carboxylic acids is 1. The summed E-state index contributed by atoms with van der Waals surface area (Å²) in [5.41, 5.74) is 0.127. The summed E-state index contributed by atoms with van der Waals surface area (Å²) in [6.07, 6.45) is 0. The number of methoxy groups -OCH3 is 1. The second-order valence-corrected chi connectivity index (χ2v) is 3.49. The topological polar surface area (TPSA) is 35.5 Å². The summed E-state index contributed by atoms with van der Waals surface area (Å²) >= 11 is 3.03. The molecule has 0 saturated heterocycles. The molecular formula is C10H10BrFO3. The molecule has 0 aromatic heterocycles. The lowest BCUT2D eigenvalue weighted by atomic mass is 10.2. The van der Waals surface area contributed by atoms with Crippen LogP contribution in [0.4, 0.5) is 4.39 Å². The summed E-state index contributed by atoms with van der Waals surface area (Å²) in [7, 11) is 1.24. The van der Waals surface area contributed by atoms with Gasteiger partial charge in [0.1, 0.15) is 11.6 Å². The number of hydrogen-bond acceptors (Lipinski definition) is 3. The Labute approximate surface area is 95.3 Å². The summed E-state index contributed by atoms with van der Waals surface area (Å²) < 4.78 is 23.2. The van der Waals surface area contributed by atoms with Crippen LogP contribution in [0.1, 0.15) is 17.3 Å². The number of esters is 1. The van der Waals surface area contributed by atoms with Crippen molar-refractivity contribution in [3.63, 3.8) is 0 Å². The van der Waals surface area contributed by atoms with E-state index in [4.69, 9.17) is 4.74 Å². The highest BCUT2D eigenvalue weighted by atomic mass is 79.9. The quantitative estimate of drug-likeness (QED) is 0.797. The van der Waals surface area contributed by atoms with Crippen molar-refractivity contribution in [3.8, 4) is 5.75 Å². The minimum Gasteiger partial charge on any atom is -0.493 e. The zero-order chi connectivity index (χ0) is 11.4. The molecule has 1 aromatic rings. The fourth-order valence-corrected chi connectivity index (χ4v) is 1.40. The molecule has 1 aromatic carbocycles. The molecule has 0 heterocycles. The molecule has 0 unspecified atom stereocenters. The van der Waals surface area contributed by atoms with Crippen LogP contribution in [-0.2, 0) is 4.74 Å². The Kier molecular flexibility index (Phi) is 4.08. The number of halogens is 2. The van der Waals surface area contributed by atoms with Crippen molar-refractivity contribution in [1.82, 2.24) is 0 Å². The molecule has 3 nitrogen and oxygen atoms in total. The van der Waals surface area contributed by atoms with Gasteiger partial charge in [-0.05, 0) is 35.0 Å². The van der Waals surface area contributed by atoms with Crippen molar-refractivity contribution in [2.75, 3.05) is 13.7 Å². The molecule has 0 atom stereocenters. The van der Waals surface area contributed by atoms with Crippen LogP contribution in [0.15, 0.2) is 16.6 Å². The Bertz CT molecular complexity index is 379. The van der Waals surface area contributed by atoms with Gasteiger partial charge in [0.15, 0.2) is 0 Å². The summed E-state index contributed by atoms with van der Waals surface area (Å²) in [5, 5.41) is 0. The molecule has 0 aliphatic heterocycles. The molecule has 5 heteroatoms. The van der Waals surface area contributed by atoms with Crippen molar-refractivity contribution in [2.45, 2.75) is 6.92 Å². The minimum absolute atomic E-state index is 0.127. The van der Waals surface area contributed by atoms with Crippen LogP contribution in [0, 0.1) is 5.82 Å². The van der Waals surface area contributed by atoms with E-state index >= 15 is 0 Å². The van der Waals surface area contributed by atoms with E-state index in [1.54, 1.807) is 6.92 Å². The number of carbonyl (C=O) groups is 1. The molecule has 0 fully saturated rings. The van der Waals surface area contributed by atoms with Gasteiger partial charge in [0.05, 0.1) is 23.8 Å². The van der Waals surface area contributed by atoms with Crippen molar-refractivity contribution in [3.05, 3.63) is 28.0 Å². The Balaban J connectivity index is 3.16. The van der Waals surface area contributed by atoms with Crippen molar-refractivity contribution in [2.24, 2.45) is 0 Å². The maximum atomic E-state index is 13.3. The van der Waals surface area contributed by atoms with Gasteiger partial charge in [0.25, 0.3) is 0 Å². The van der Waals surface area contributed by atoms with Gasteiger partial charge in [-0.1, -0.05) is 0 Å². The van der Waals surface area contributed by atoms with Crippen LogP contribution in [0.2, 0.25) is 0 Å². The summed E-state index contributed by atoms with van der Waals surface area (Å²) in [6, 6.07) is 2.53. The highest BCUT2D eigenvalue weighted by Gasteiger charge is 2.14. The van der Waals surface area contributed by atoms with E-state index in [-0.39, 0.29) is 15.8 Å². The van der Waals surface area contributed by atoms with E-state index < -0.39 is 11.8 Å². The first-order chi connectivity index (χ1) is 7.10. The first-order valence-corrected chi connectivity index (χ1v) is 5.09. The molecule has 0 bridgehead atoms. The van der Waals surface area contributed by atoms with E-state index in [0.29, 0.717) is 6.61 Å². The maximum absolute atomic E-state index is 13.3. The number of benzene rings is 1. The van der Waals surface area contributed by atoms with Crippen molar-refractivity contribution >= 4 is 21.9 Å². The molecular weight excluding hydrogens is 267 g/mol. The van der Waals surface area contributed by atoms with Gasteiger partial charge in [-0.2, -0.15) is 0 Å². The van der Waals surface area contributed by atoms with Crippen molar-refractivity contribution in [1.29, 1.82) is 0 Å². The highest BCUT2D eigenvalue weighted by molar-refractivity contribution is 9.10. The molecule has 0 aliphatic carbocycles. The average molecular weight is 277 g/mol. The van der Waals surface area contributed by atoms with Crippen LogP contribution in [-0.4, -0.2) is 19.7 Å². The second kappa shape index (κ2) is 5.11. The molecule has 0 spiro atoms. The predicted molar refractivity (Wildman–Crippen MR) is 56.6 cm³/mol. The SMILES string of the molecule is CCOc1cc(C(=O)OC)cc(F)c1Br. The fourth-order valence-electron chi connectivity index (χ4n) is 1.06. The first kappa shape index (κ1) is 12.0. The summed E-state index contributed by atoms with van der Waals surface area (Å²) in [6.45, 7) is 2.16. The smallest absolute Gasteiger partial charge is 0.338 e.